The number of methoxy groups -OCH3 is 2. The number of halogens is 1. The predicted molar refractivity (Wildman–Crippen MR) is 122 cm³/mol. The van der Waals surface area contributed by atoms with E-state index in [-0.39, 0.29) is 12.1 Å². The minimum absolute atomic E-state index is 0.0589. The zero-order valence-electron chi connectivity index (χ0n) is 17.4. The molecule has 0 aliphatic rings. The second-order valence-corrected chi connectivity index (χ2v) is 7.57. The molecular formula is C24H21BrN2O4. The number of amides is 1. The first kappa shape index (κ1) is 22.2. The van der Waals surface area contributed by atoms with Gasteiger partial charge >= 0.3 is 0 Å². The van der Waals surface area contributed by atoms with Crippen LogP contribution < -0.4 is 14.8 Å². The van der Waals surface area contributed by atoms with E-state index in [0.717, 1.165) is 21.2 Å². The Morgan fingerprint density at radius 1 is 1.16 bits per heavy atom. The van der Waals surface area contributed by atoms with Crippen molar-refractivity contribution >= 4 is 27.9 Å². The number of ether oxygens (including phenoxy) is 2. The number of nitriles is 1. The number of hydrogen-bond acceptors (Lipinski definition) is 5. The lowest BCUT2D eigenvalue weighted by Crippen LogP contribution is -2.24. The van der Waals surface area contributed by atoms with E-state index < -0.39 is 5.91 Å². The molecule has 0 unspecified atom stereocenters. The summed E-state index contributed by atoms with van der Waals surface area (Å²) in [6, 6.07) is 16.7. The molecule has 0 fully saturated rings. The van der Waals surface area contributed by atoms with Crippen LogP contribution in [0.1, 0.15) is 16.9 Å². The van der Waals surface area contributed by atoms with Crippen LogP contribution >= 0.6 is 15.9 Å². The maximum atomic E-state index is 12.5. The van der Waals surface area contributed by atoms with Crippen molar-refractivity contribution in [1.82, 2.24) is 5.32 Å². The van der Waals surface area contributed by atoms with Gasteiger partial charge in [0.15, 0.2) is 0 Å². The van der Waals surface area contributed by atoms with Crippen LogP contribution in [-0.2, 0) is 11.3 Å². The maximum absolute atomic E-state index is 12.5. The van der Waals surface area contributed by atoms with Crippen LogP contribution in [0.3, 0.4) is 0 Å². The molecule has 0 saturated heterocycles. The summed E-state index contributed by atoms with van der Waals surface area (Å²) in [5.41, 5.74) is 2.72. The number of rotatable bonds is 7. The van der Waals surface area contributed by atoms with E-state index in [0.29, 0.717) is 23.0 Å². The van der Waals surface area contributed by atoms with Crippen molar-refractivity contribution in [2.24, 2.45) is 0 Å². The Morgan fingerprint density at radius 3 is 2.65 bits per heavy atom. The molecule has 1 heterocycles. The second kappa shape index (κ2) is 10.0. The van der Waals surface area contributed by atoms with E-state index in [2.05, 4.69) is 21.2 Å². The Bertz CT molecular complexity index is 1170. The number of aryl methyl sites for hydroxylation is 1. The highest BCUT2D eigenvalue weighted by molar-refractivity contribution is 9.10. The monoisotopic (exact) mass is 480 g/mol. The Hall–Kier alpha value is -3.50. The van der Waals surface area contributed by atoms with Crippen molar-refractivity contribution < 1.29 is 18.7 Å². The number of nitrogens with zero attached hydrogens (tertiary/aromatic N) is 1. The quantitative estimate of drug-likeness (QED) is 0.368. The van der Waals surface area contributed by atoms with E-state index in [1.165, 1.54) is 6.08 Å². The van der Waals surface area contributed by atoms with E-state index in [1.807, 2.05) is 31.2 Å². The first-order valence-electron chi connectivity index (χ1n) is 9.42. The van der Waals surface area contributed by atoms with E-state index in [1.54, 1.807) is 44.6 Å². The van der Waals surface area contributed by atoms with Crippen LogP contribution in [0.15, 0.2) is 63.0 Å². The Labute approximate surface area is 189 Å². The summed E-state index contributed by atoms with van der Waals surface area (Å²) in [6.45, 7) is 2.20. The van der Waals surface area contributed by atoms with Gasteiger partial charge in [-0.25, -0.2) is 0 Å². The molecule has 3 rings (SSSR count). The normalized spacial score (nSPS) is 11.0. The fraction of sp³-hybridized carbons (Fsp3) is 0.167. The number of nitrogens with one attached hydrogen (secondary N) is 1. The third kappa shape index (κ3) is 5.36. The standard InChI is InChI=1S/C24H21BrN2O4/c1-15-4-8-20(21(25)10-15)22-9-7-19(31-22)11-17(13-26)24(28)27-14-16-5-6-18(29-2)12-23(16)30-3/h4-12H,14H2,1-3H3,(H,27,28)/b17-11+. The number of benzene rings is 2. The maximum Gasteiger partial charge on any atom is 0.262 e. The lowest BCUT2D eigenvalue weighted by atomic mass is 10.1. The van der Waals surface area contributed by atoms with Crippen LogP contribution in [0.2, 0.25) is 0 Å². The summed E-state index contributed by atoms with van der Waals surface area (Å²) >= 11 is 3.53. The average molecular weight is 481 g/mol. The fourth-order valence-electron chi connectivity index (χ4n) is 2.95. The summed E-state index contributed by atoms with van der Waals surface area (Å²) in [5, 5.41) is 12.2. The van der Waals surface area contributed by atoms with Gasteiger partial charge in [-0.1, -0.05) is 22.0 Å². The van der Waals surface area contributed by atoms with Gasteiger partial charge in [0.1, 0.15) is 34.7 Å². The molecule has 0 spiro atoms. The highest BCUT2D eigenvalue weighted by Gasteiger charge is 2.13. The fourth-order valence-corrected chi connectivity index (χ4v) is 3.64. The molecule has 0 aliphatic heterocycles. The van der Waals surface area contributed by atoms with Gasteiger partial charge in [0.25, 0.3) is 5.91 Å². The smallest absolute Gasteiger partial charge is 0.262 e. The van der Waals surface area contributed by atoms with Crippen LogP contribution in [0.4, 0.5) is 0 Å². The van der Waals surface area contributed by atoms with Crippen molar-refractivity contribution in [3.05, 3.63) is 75.5 Å². The predicted octanol–water partition coefficient (Wildman–Crippen LogP) is 5.26. The molecule has 2 aromatic carbocycles. The summed E-state index contributed by atoms with van der Waals surface area (Å²) in [6.07, 6.45) is 1.42. The van der Waals surface area contributed by atoms with E-state index >= 15 is 0 Å². The number of carbonyl (C=O) groups excluding carboxylic acids is 1. The molecule has 1 amide bonds. The second-order valence-electron chi connectivity index (χ2n) is 6.72. The first-order valence-corrected chi connectivity index (χ1v) is 10.2. The van der Waals surface area contributed by atoms with E-state index in [4.69, 9.17) is 13.9 Å². The third-order valence-corrected chi connectivity index (χ3v) is 5.26. The van der Waals surface area contributed by atoms with Crippen molar-refractivity contribution in [3.8, 4) is 28.9 Å². The summed E-state index contributed by atoms with van der Waals surface area (Å²) in [7, 11) is 3.11. The largest absolute Gasteiger partial charge is 0.497 e. The Kier molecular flexibility index (Phi) is 7.16. The van der Waals surface area contributed by atoms with Crippen molar-refractivity contribution in [2.45, 2.75) is 13.5 Å². The van der Waals surface area contributed by atoms with Crippen molar-refractivity contribution in [1.29, 1.82) is 5.26 Å². The molecule has 158 valence electrons. The SMILES string of the molecule is COc1ccc(CNC(=O)/C(C#N)=C/c2ccc(-c3ccc(C)cc3Br)o2)c(OC)c1. The molecule has 6 nitrogen and oxygen atoms in total. The zero-order chi connectivity index (χ0) is 22.4. The van der Waals surface area contributed by atoms with Crippen molar-refractivity contribution in [2.75, 3.05) is 14.2 Å². The third-order valence-electron chi connectivity index (χ3n) is 4.60. The van der Waals surface area contributed by atoms with E-state index in [9.17, 15) is 10.1 Å². The van der Waals surface area contributed by atoms with Gasteiger partial charge in [-0.3, -0.25) is 4.79 Å². The van der Waals surface area contributed by atoms with Gasteiger partial charge in [0.05, 0.1) is 14.2 Å². The minimum Gasteiger partial charge on any atom is -0.497 e. The van der Waals surface area contributed by atoms with Crippen molar-refractivity contribution in [3.63, 3.8) is 0 Å². The van der Waals surface area contributed by atoms with Gasteiger partial charge in [0, 0.05) is 34.3 Å². The molecule has 3 aromatic rings. The molecule has 1 N–H and O–H groups in total. The van der Waals surface area contributed by atoms with Crippen LogP contribution in [0.25, 0.3) is 17.4 Å². The molecule has 1 aromatic heterocycles. The highest BCUT2D eigenvalue weighted by atomic mass is 79.9. The number of furan rings is 1. The average Bonchev–Trinajstić information content (AvgIpc) is 3.23. The number of hydrogen-bond donors (Lipinski definition) is 1. The molecule has 0 bridgehead atoms. The molecule has 0 atom stereocenters. The summed E-state index contributed by atoms with van der Waals surface area (Å²) in [5.74, 6) is 1.78. The molecule has 0 radical (unpaired) electrons. The van der Waals surface area contributed by atoms with Gasteiger partial charge in [-0.05, 0) is 48.9 Å². The van der Waals surface area contributed by atoms with Gasteiger partial charge < -0.3 is 19.2 Å². The van der Waals surface area contributed by atoms with Gasteiger partial charge in [-0.15, -0.1) is 0 Å². The lowest BCUT2D eigenvalue weighted by molar-refractivity contribution is -0.117. The Morgan fingerprint density at radius 2 is 1.97 bits per heavy atom. The van der Waals surface area contributed by atoms with Gasteiger partial charge in [0.2, 0.25) is 0 Å². The minimum atomic E-state index is -0.505. The summed E-state index contributed by atoms with van der Waals surface area (Å²) in [4.78, 5) is 12.5. The molecule has 31 heavy (non-hydrogen) atoms. The van der Waals surface area contributed by atoms with Gasteiger partial charge in [-0.2, -0.15) is 5.26 Å². The van der Waals surface area contributed by atoms with Crippen LogP contribution in [-0.4, -0.2) is 20.1 Å². The summed E-state index contributed by atoms with van der Waals surface area (Å²) < 4.78 is 17.2. The topological polar surface area (TPSA) is 84.5 Å². The Balaban J connectivity index is 1.74. The van der Waals surface area contributed by atoms with Crippen LogP contribution in [0.5, 0.6) is 11.5 Å². The molecular weight excluding hydrogens is 460 g/mol. The number of carbonyl (C=O) groups is 1. The van der Waals surface area contributed by atoms with Crippen LogP contribution in [0, 0.1) is 18.3 Å². The lowest BCUT2D eigenvalue weighted by Gasteiger charge is -2.11. The molecule has 0 aliphatic carbocycles. The molecule has 7 heteroatoms. The highest BCUT2D eigenvalue weighted by Crippen LogP contribution is 2.31. The molecule has 0 saturated carbocycles. The zero-order valence-corrected chi connectivity index (χ0v) is 18.9. The first-order chi connectivity index (χ1) is 14.9.